The average Bonchev–Trinajstić information content (AvgIpc) is 2.43. The fourth-order valence-corrected chi connectivity index (χ4v) is 2.07. The number of anilines is 1. The van der Waals surface area contributed by atoms with Crippen LogP contribution >= 0.6 is 0 Å². The van der Waals surface area contributed by atoms with Crippen molar-refractivity contribution in [3.8, 4) is 0 Å². The van der Waals surface area contributed by atoms with E-state index in [2.05, 4.69) is 10.6 Å². The van der Waals surface area contributed by atoms with Crippen molar-refractivity contribution in [1.82, 2.24) is 5.32 Å². The number of hydrogen-bond donors (Lipinski definition) is 3. The first-order chi connectivity index (χ1) is 9.93. The first-order valence-corrected chi connectivity index (χ1v) is 6.28. The highest BCUT2D eigenvalue weighted by molar-refractivity contribution is 5.94. The molecule has 1 aromatic carbocycles. The second-order valence-corrected chi connectivity index (χ2v) is 4.71. The molecule has 0 aliphatic carbocycles. The van der Waals surface area contributed by atoms with Gasteiger partial charge in [0, 0.05) is 37.8 Å². The van der Waals surface area contributed by atoms with Crippen molar-refractivity contribution in [2.75, 3.05) is 18.5 Å². The standard InChI is InChI=1S/C13H14F2N2O4/c14-9-2-1-8(7-10(9)15)16-12(20)17-13(11(18)19)3-5-21-6-4-13/h1-2,7H,3-6H2,(H,18,19)(H2,16,17,20). The van der Waals surface area contributed by atoms with Gasteiger partial charge in [-0.15, -0.1) is 0 Å². The Kier molecular flexibility index (Phi) is 4.37. The first-order valence-electron chi connectivity index (χ1n) is 6.28. The van der Waals surface area contributed by atoms with E-state index < -0.39 is 29.2 Å². The number of rotatable bonds is 3. The number of amides is 2. The fourth-order valence-electron chi connectivity index (χ4n) is 2.07. The lowest BCUT2D eigenvalue weighted by atomic mass is 9.90. The van der Waals surface area contributed by atoms with Crippen molar-refractivity contribution < 1.29 is 28.2 Å². The monoisotopic (exact) mass is 300 g/mol. The van der Waals surface area contributed by atoms with Crippen LogP contribution in [0, 0.1) is 11.6 Å². The predicted octanol–water partition coefficient (Wildman–Crippen LogP) is 1.72. The third kappa shape index (κ3) is 3.46. The van der Waals surface area contributed by atoms with Gasteiger partial charge in [0.25, 0.3) is 0 Å². The number of carboxylic acids is 1. The van der Waals surface area contributed by atoms with Gasteiger partial charge in [0.1, 0.15) is 5.54 Å². The minimum atomic E-state index is -1.42. The molecule has 1 aromatic rings. The Morgan fingerprint density at radius 1 is 1.19 bits per heavy atom. The van der Waals surface area contributed by atoms with Crippen LogP contribution in [0.15, 0.2) is 18.2 Å². The summed E-state index contributed by atoms with van der Waals surface area (Å²) >= 11 is 0. The molecule has 0 radical (unpaired) electrons. The quantitative estimate of drug-likeness (QED) is 0.793. The zero-order chi connectivity index (χ0) is 15.5. The van der Waals surface area contributed by atoms with Crippen molar-refractivity contribution >= 4 is 17.7 Å². The molecule has 8 heteroatoms. The second kappa shape index (κ2) is 6.04. The molecule has 3 N–H and O–H groups in total. The van der Waals surface area contributed by atoms with E-state index in [1.165, 1.54) is 6.07 Å². The van der Waals surface area contributed by atoms with Gasteiger partial charge in [-0.3, -0.25) is 0 Å². The molecular weight excluding hydrogens is 286 g/mol. The summed E-state index contributed by atoms with van der Waals surface area (Å²) in [6, 6.07) is 2.05. The summed E-state index contributed by atoms with van der Waals surface area (Å²) in [6.07, 6.45) is 0.265. The summed E-state index contributed by atoms with van der Waals surface area (Å²) in [5.74, 6) is -3.30. The molecule has 0 bridgehead atoms. The molecule has 114 valence electrons. The minimum Gasteiger partial charge on any atom is -0.480 e. The molecule has 2 rings (SSSR count). The van der Waals surface area contributed by atoms with E-state index in [9.17, 15) is 23.5 Å². The highest BCUT2D eigenvalue weighted by atomic mass is 19.2. The lowest BCUT2D eigenvalue weighted by Crippen LogP contribution is -2.58. The lowest BCUT2D eigenvalue weighted by molar-refractivity contribution is -0.148. The molecule has 1 heterocycles. The first kappa shape index (κ1) is 15.2. The predicted molar refractivity (Wildman–Crippen MR) is 68.9 cm³/mol. The number of carbonyl (C=O) groups excluding carboxylic acids is 1. The van der Waals surface area contributed by atoms with E-state index in [0.29, 0.717) is 0 Å². The highest BCUT2D eigenvalue weighted by Gasteiger charge is 2.41. The van der Waals surface area contributed by atoms with E-state index in [-0.39, 0.29) is 31.7 Å². The van der Waals surface area contributed by atoms with E-state index in [4.69, 9.17) is 4.74 Å². The smallest absolute Gasteiger partial charge is 0.329 e. The van der Waals surface area contributed by atoms with Gasteiger partial charge in [0.15, 0.2) is 11.6 Å². The van der Waals surface area contributed by atoms with Crippen molar-refractivity contribution in [3.05, 3.63) is 29.8 Å². The molecule has 0 spiro atoms. The van der Waals surface area contributed by atoms with Gasteiger partial charge >= 0.3 is 12.0 Å². The summed E-state index contributed by atoms with van der Waals surface area (Å²) in [5, 5.41) is 13.9. The number of aliphatic carboxylic acids is 1. The largest absolute Gasteiger partial charge is 0.480 e. The maximum absolute atomic E-state index is 13.0. The van der Waals surface area contributed by atoms with Gasteiger partial charge < -0.3 is 20.5 Å². The van der Waals surface area contributed by atoms with Crippen LogP contribution in [0.2, 0.25) is 0 Å². The Labute approximate surface area is 119 Å². The van der Waals surface area contributed by atoms with Crippen molar-refractivity contribution in [1.29, 1.82) is 0 Å². The molecule has 21 heavy (non-hydrogen) atoms. The summed E-state index contributed by atoms with van der Waals surface area (Å²) in [6.45, 7) is 0.440. The zero-order valence-corrected chi connectivity index (χ0v) is 11.0. The summed E-state index contributed by atoms with van der Waals surface area (Å²) < 4.78 is 30.9. The van der Waals surface area contributed by atoms with E-state index >= 15 is 0 Å². The molecule has 6 nitrogen and oxygen atoms in total. The van der Waals surface area contributed by atoms with E-state index in [1.807, 2.05) is 0 Å². The Morgan fingerprint density at radius 2 is 1.86 bits per heavy atom. The number of halogens is 2. The summed E-state index contributed by atoms with van der Waals surface area (Å²) in [5.41, 5.74) is -1.39. The maximum atomic E-state index is 13.0. The fraction of sp³-hybridized carbons (Fsp3) is 0.385. The SMILES string of the molecule is O=C(Nc1ccc(F)c(F)c1)NC1(C(=O)O)CCOCC1. The number of carbonyl (C=O) groups is 2. The molecular formula is C13H14F2N2O4. The lowest BCUT2D eigenvalue weighted by Gasteiger charge is -2.33. The Balaban J connectivity index is 2.05. The molecule has 1 aliphatic heterocycles. The molecule has 0 atom stereocenters. The van der Waals surface area contributed by atoms with Gasteiger partial charge in [0.05, 0.1) is 0 Å². The summed E-state index contributed by atoms with van der Waals surface area (Å²) in [7, 11) is 0. The molecule has 0 saturated carbocycles. The number of urea groups is 1. The normalized spacial score (nSPS) is 17.0. The Hall–Kier alpha value is -2.22. The number of carboxylic acid groups (broad SMARTS) is 1. The second-order valence-electron chi connectivity index (χ2n) is 4.71. The van der Waals surface area contributed by atoms with E-state index in [1.54, 1.807) is 0 Å². The number of ether oxygens (including phenoxy) is 1. The van der Waals surface area contributed by atoms with Gasteiger partial charge in [0.2, 0.25) is 0 Å². The van der Waals surface area contributed by atoms with Crippen LogP contribution in [-0.2, 0) is 9.53 Å². The molecule has 0 unspecified atom stereocenters. The van der Waals surface area contributed by atoms with Crippen LogP contribution in [0.3, 0.4) is 0 Å². The zero-order valence-electron chi connectivity index (χ0n) is 11.0. The number of benzene rings is 1. The van der Waals surface area contributed by atoms with Gasteiger partial charge in [-0.05, 0) is 12.1 Å². The highest BCUT2D eigenvalue weighted by Crippen LogP contribution is 2.21. The minimum absolute atomic E-state index is 0.0269. The number of hydrogen-bond acceptors (Lipinski definition) is 3. The van der Waals surface area contributed by atoms with Crippen molar-refractivity contribution in [2.24, 2.45) is 0 Å². The van der Waals surface area contributed by atoms with E-state index in [0.717, 1.165) is 12.1 Å². The van der Waals surface area contributed by atoms with Crippen LogP contribution < -0.4 is 10.6 Å². The number of nitrogens with one attached hydrogen (secondary N) is 2. The third-order valence-electron chi connectivity index (χ3n) is 3.29. The molecule has 2 amide bonds. The average molecular weight is 300 g/mol. The maximum Gasteiger partial charge on any atom is 0.329 e. The van der Waals surface area contributed by atoms with Gasteiger partial charge in [-0.1, -0.05) is 0 Å². The van der Waals surface area contributed by atoms with Gasteiger partial charge in [-0.2, -0.15) is 0 Å². The topological polar surface area (TPSA) is 87.7 Å². The van der Waals surface area contributed by atoms with Gasteiger partial charge in [-0.25, -0.2) is 18.4 Å². The van der Waals surface area contributed by atoms with Crippen LogP contribution in [0.4, 0.5) is 19.3 Å². The van der Waals surface area contributed by atoms with Crippen LogP contribution in [0.1, 0.15) is 12.8 Å². The molecule has 1 aliphatic rings. The third-order valence-corrected chi connectivity index (χ3v) is 3.29. The van der Waals surface area contributed by atoms with Crippen LogP contribution in [0.25, 0.3) is 0 Å². The Morgan fingerprint density at radius 3 is 2.43 bits per heavy atom. The molecule has 1 fully saturated rings. The molecule has 1 saturated heterocycles. The van der Waals surface area contributed by atoms with Crippen LogP contribution in [0.5, 0.6) is 0 Å². The summed E-state index contributed by atoms with van der Waals surface area (Å²) in [4.78, 5) is 23.2. The van der Waals surface area contributed by atoms with Crippen molar-refractivity contribution in [2.45, 2.75) is 18.4 Å². The molecule has 0 aromatic heterocycles. The van der Waals surface area contributed by atoms with Crippen LogP contribution in [-0.4, -0.2) is 35.9 Å². The van der Waals surface area contributed by atoms with Crippen molar-refractivity contribution in [3.63, 3.8) is 0 Å². The Bertz CT molecular complexity index is 559.